The van der Waals surface area contributed by atoms with Crippen molar-refractivity contribution in [2.45, 2.75) is 36.8 Å². The Morgan fingerprint density at radius 3 is 2.61 bits per heavy atom. The van der Waals surface area contributed by atoms with E-state index in [9.17, 15) is 28.2 Å². The number of aliphatic hydroxyl groups is 1. The Bertz CT molecular complexity index is 1610. The highest BCUT2D eigenvalue weighted by Gasteiger charge is 2.58. The summed E-state index contributed by atoms with van der Waals surface area (Å²) in [6, 6.07) is 10.9. The number of β-lactam (4-membered cyclic amide) rings is 1. The number of hydrogen-bond acceptors (Lipinski definition) is 6. The number of fused-ring (bicyclic) bond motifs is 1. The summed E-state index contributed by atoms with van der Waals surface area (Å²) in [5, 5.41) is 20.7. The molecule has 3 aliphatic heterocycles. The monoisotopic (exact) mass is 525 g/mol. The average molecular weight is 526 g/mol. The Kier molecular flexibility index (Phi) is 5.05. The third-order valence-electron chi connectivity index (χ3n) is 7.02. The predicted octanol–water partition coefficient (Wildman–Crippen LogP) is 2.72. The molecule has 1 fully saturated rings. The number of sulfonamides is 1. The fourth-order valence-electron chi connectivity index (χ4n) is 5.35. The summed E-state index contributed by atoms with van der Waals surface area (Å²) in [5.41, 5.74) is 2.37. The van der Waals surface area contributed by atoms with Crippen LogP contribution in [0.5, 0.6) is 0 Å². The van der Waals surface area contributed by atoms with E-state index in [2.05, 4.69) is 0 Å². The zero-order valence-electron chi connectivity index (χ0n) is 19.5. The first-order valence-electron chi connectivity index (χ1n) is 11.4. The first-order chi connectivity index (χ1) is 17.1. The van der Waals surface area contributed by atoms with Gasteiger partial charge in [-0.2, -0.15) is 0 Å². The second-order valence-electron chi connectivity index (χ2n) is 9.36. The van der Waals surface area contributed by atoms with Crippen molar-refractivity contribution in [3.05, 3.63) is 70.5 Å². The summed E-state index contributed by atoms with van der Waals surface area (Å²) >= 11 is 1.13. The van der Waals surface area contributed by atoms with Gasteiger partial charge in [0.05, 0.1) is 29.1 Å². The molecular formula is C25H23N3O6S2. The van der Waals surface area contributed by atoms with E-state index in [1.54, 1.807) is 18.2 Å². The molecule has 0 aliphatic carbocycles. The first kappa shape index (κ1) is 23.1. The zero-order chi connectivity index (χ0) is 25.5. The lowest BCUT2D eigenvalue weighted by atomic mass is 9.92. The Morgan fingerprint density at radius 1 is 1.17 bits per heavy atom. The van der Waals surface area contributed by atoms with Gasteiger partial charge in [0.1, 0.15) is 11.1 Å². The van der Waals surface area contributed by atoms with Crippen molar-refractivity contribution in [3.63, 3.8) is 0 Å². The highest BCUT2D eigenvalue weighted by molar-refractivity contribution is 8.04. The van der Waals surface area contributed by atoms with Crippen molar-refractivity contribution < 1.29 is 28.2 Å². The second-order valence-corrected chi connectivity index (χ2v) is 12.4. The SMILES string of the molecule is Cc1ccn(Cc2ccc3c4c(cccc24)N(CC2=C(C(=O)O)N4C(=O)C(C(C)O)C4S2)S3(=O)=O)c1. The summed E-state index contributed by atoms with van der Waals surface area (Å²) in [7, 11) is -3.95. The van der Waals surface area contributed by atoms with E-state index in [4.69, 9.17) is 0 Å². The number of carbonyl (C=O) groups excluding carboxylic acids is 1. The van der Waals surface area contributed by atoms with Gasteiger partial charge in [0.2, 0.25) is 5.91 Å². The molecule has 1 saturated heterocycles. The second kappa shape index (κ2) is 7.86. The van der Waals surface area contributed by atoms with Gasteiger partial charge in [0, 0.05) is 29.2 Å². The number of aryl methyl sites for hydroxylation is 1. The highest BCUT2D eigenvalue weighted by Crippen LogP contribution is 2.52. The van der Waals surface area contributed by atoms with Crippen molar-refractivity contribution in [1.82, 2.24) is 9.47 Å². The van der Waals surface area contributed by atoms with Crippen LogP contribution in [0.15, 0.2) is 64.3 Å². The topological polar surface area (TPSA) is 120 Å². The molecule has 1 aromatic heterocycles. The van der Waals surface area contributed by atoms with E-state index >= 15 is 0 Å². The Hall–Kier alpha value is -3.28. The average Bonchev–Trinajstić information content (AvgIpc) is 3.43. The summed E-state index contributed by atoms with van der Waals surface area (Å²) in [6.45, 7) is 3.88. The summed E-state index contributed by atoms with van der Waals surface area (Å²) in [4.78, 5) is 26.3. The summed E-state index contributed by atoms with van der Waals surface area (Å²) < 4.78 is 30.5. The van der Waals surface area contributed by atoms with Crippen LogP contribution in [0, 0.1) is 12.8 Å². The molecule has 36 heavy (non-hydrogen) atoms. The van der Waals surface area contributed by atoms with Crippen LogP contribution in [0.2, 0.25) is 0 Å². The van der Waals surface area contributed by atoms with Crippen molar-refractivity contribution in [3.8, 4) is 0 Å². The lowest BCUT2D eigenvalue weighted by Gasteiger charge is -2.43. The molecule has 2 N–H and O–H groups in total. The molecule has 2 aromatic carbocycles. The number of aliphatic carboxylic acids is 1. The van der Waals surface area contributed by atoms with Gasteiger partial charge in [-0.05, 0) is 48.6 Å². The van der Waals surface area contributed by atoms with Gasteiger partial charge in [-0.15, -0.1) is 0 Å². The normalized spacial score (nSPS) is 22.8. The number of hydrogen-bond donors (Lipinski definition) is 2. The van der Waals surface area contributed by atoms with Gasteiger partial charge < -0.3 is 14.8 Å². The molecule has 0 bridgehead atoms. The molecule has 0 saturated carbocycles. The minimum absolute atomic E-state index is 0.183. The number of anilines is 1. The van der Waals surface area contributed by atoms with E-state index < -0.39 is 39.3 Å². The minimum atomic E-state index is -3.95. The Balaban J connectivity index is 1.41. The van der Waals surface area contributed by atoms with Crippen molar-refractivity contribution in [2.24, 2.45) is 5.92 Å². The molecule has 186 valence electrons. The molecule has 11 heteroatoms. The molecule has 0 radical (unpaired) electrons. The molecule has 4 heterocycles. The number of aromatic nitrogens is 1. The Morgan fingerprint density at radius 2 is 1.94 bits per heavy atom. The number of aliphatic hydroxyl groups excluding tert-OH is 1. The van der Waals surface area contributed by atoms with Crippen LogP contribution in [0.4, 0.5) is 5.69 Å². The van der Waals surface area contributed by atoms with E-state index in [0.717, 1.165) is 33.2 Å². The number of rotatable bonds is 6. The van der Waals surface area contributed by atoms with Crippen LogP contribution >= 0.6 is 11.8 Å². The number of benzene rings is 2. The number of carbonyl (C=O) groups is 2. The van der Waals surface area contributed by atoms with Crippen LogP contribution in [0.3, 0.4) is 0 Å². The van der Waals surface area contributed by atoms with E-state index in [1.165, 1.54) is 11.2 Å². The lowest BCUT2D eigenvalue weighted by Crippen LogP contribution is -2.60. The first-order valence-corrected chi connectivity index (χ1v) is 13.8. The smallest absolute Gasteiger partial charge is 0.353 e. The maximum absolute atomic E-state index is 13.6. The maximum Gasteiger partial charge on any atom is 0.353 e. The lowest BCUT2D eigenvalue weighted by molar-refractivity contribution is -0.156. The third kappa shape index (κ3) is 3.16. The van der Waals surface area contributed by atoms with E-state index in [1.807, 2.05) is 42.1 Å². The number of nitrogens with zero attached hydrogens (tertiary/aromatic N) is 3. The number of thioether (sulfide) groups is 1. The standard InChI is InChI=1S/C25H23N3O6S2/c1-13-8-9-26(10-13)11-15-6-7-19-21-16(15)4-3-5-17(21)27(36(19,33)34)12-18-22(25(31)32)28-23(30)20(14(2)29)24(28)35-18/h3-10,14,20,24,29H,11-12H2,1-2H3,(H,31,32). The van der Waals surface area contributed by atoms with Gasteiger partial charge in [-0.3, -0.25) is 14.0 Å². The zero-order valence-corrected chi connectivity index (χ0v) is 21.1. The number of amides is 1. The van der Waals surface area contributed by atoms with Gasteiger partial charge >= 0.3 is 5.97 Å². The molecule has 3 aliphatic rings. The molecule has 3 unspecified atom stereocenters. The Labute approximate surface area is 211 Å². The van der Waals surface area contributed by atoms with E-state index in [0.29, 0.717) is 17.6 Å². The third-order valence-corrected chi connectivity index (χ3v) is 10.2. The van der Waals surface area contributed by atoms with Crippen molar-refractivity contribution >= 4 is 50.1 Å². The van der Waals surface area contributed by atoms with E-state index in [-0.39, 0.29) is 22.0 Å². The minimum Gasteiger partial charge on any atom is -0.477 e. The molecule has 0 spiro atoms. The van der Waals surface area contributed by atoms with Crippen molar-refractivity contribution in [2.75, 3.05) is 10.8 Å². The van der Waals surface area contributed by atoms with Crippen LogP contribution in [0.1, 0.15) is 18.1 Å². The van der Waals surface area contributed by atoms with Gasteiger partial charge in [-0.1, -0.05) is 30.0 Å². The van der Waals surface area contributed by atoms with Crippen molar-refractivity contribution in [1.29, 1.82) is 0 Å². The molecule has 3 atom stereocenters. The molecule has 3 aromatic rings. The molecule has 9 nitrogen and oxygen atoms in total. The summed E-state index contributed by atoms with van der Waals surface area (Å²) in [6.07, 6.45) is 3.07. The molecule has 1 amide bonds. The number of carboxylic acid groups (broad SMARTS) is 1. The fourth-order valence-corrected chi connectivity index (χ4v) is 8.69. The fraction of sp³-hybridized carbons (Fsp3) is 0.280. The maximum atomic E-state index is 13.6. The highest BCUT2D eigenvalue weighted by atomic mass is 32.2. The van der Waals surface area contributed by atoms with Crippen LogP contribution in [-0.2, 0) is 26.2 Å². The van der Waals surface area contributed by atoms with Gasteiger partial charge in [0.15, 0.2) is 0 Å². The van der Waals surface area contributed by atoms with Gasteiger partial charge in [-0.25, -0.2) is 13.2 Å². The predicted molar refractivity (Wildman–Crippen MR) is 135 cm³/mol. The van der Waals surface area contributed by atoms with Crippen LogP contribution < -0.4 is 4.31 Å². The van der Waals surface area contributed by atoms with Gasteiger partial charge in [0.25, 0.3) is 10.0 Å². The largest absolute Gasteiger partial charge is 0.477 e. The molecular weight excluding hydrogens is 502 g/mol. The quantitative estimate of drug-likeness (QED) is 0.475. The molecule has 6 rings (SSSR count). The van der Waals surface area contributed by atoms with Crippen LogP contribution in [0.25, 0.3) is 10.8 Å². The number of carboxylic acids is 1. The van der Waals surface area contributed by atoms with Crippen LogP contribution in [-0.4, -0.2) is 58.0 Å². The summed E-state index contributed by atoms with van der Waals surface area (Å²) in [5.74, 6) is -2.49.